The maximum atomic E-state index is 12.6. The highest BCUT2D eigenvalue weighted by Crippen LogP contribution is 2.33. The van der Waals surface area contributed by atoms with Crippen molar-refractivity contribution in [1.29, 1.82) is 0 Å². The number of piperazine rings is 1. The zero-order valence-corrected chi connectivity index (χ0v) is 17.3. The van der Waals surface area contributed by atoms with Crippen LogP contribution in [0.2, 0.25) is 0 Å². The minimum atomic E-state index is -4.11. The van der Waals surface area contributed by atoms with Crippen LogP contribution in [0.15, 0.2) is 42.5 Å². The summed E-state index contributed by atoms with van der Waals surface area (Å²) < 4.78 is 37.7. The van der Waals surface area contributed by atoms with Crippen LogP contribution in [-0.4, -0.2) is 55.2 Å². The molecule has 0 saturated carbocycles. The lowest BCUT2D eigenvalue weighted by atomic mass is 9.95. The molecule has 30 heavy (non-hydrogen) atoms. The van der Waals surface area contributed by atoms with Gasteiger partial charge in [-0.2, -0.15) is 13.2 Å². The summed E-state index contributed by atoms with van der Waals surface area (Å²) in [6, 6.07) is 14.6. The van der Waals surface area contributed by atoms with Crippen molar-refractivity contribution >= 4 is 23.5 Å². The van der Waals surface area contributed by atoms with E-state index in [0.29, 0.717) is 32.1 Å². The van der Waals surface area contributed by atoms with Crippen molar-refractivity contribution in [3.8, 4) is 0 Å². The molecule has 2 aliphatic rings. The molecule has 1 fully saturated rings. The second-order valence-corrected chi connectivity index (χ2v) is 8.43. The number of hydrogen-bond donors (Lipinski definition) is 1. The van der Waals surface area contributed by atoms with Gasteiger partial charge in [0.15, 0.2) is 0 Å². The fraction of sp³-hybridized carbons (Fsp3) is 0.417. The van der Waals surface area contributed by atoms with Gasteiger partial charge in [-0.15, -0.1) is 0 Å². The molecule has 0 radical (unpaired) electrons. The van der Waals surface area contributed by atoms with Crippen molar-refractivity contribution in [2.45, 2.75) is 19.5 Å². The fourth-order valence-electron chi connectivity index (χ4n) is 4.44. The zero-order chi connectivity index (χ0) is 21.1. The number of para-hydroxylation sites is 1. The summed E-state index contributed by atoms with van der Waals surface area (Å²) in [5, 5.41) is 3.55. The number of fused-ring (bicyclic) bond motifs is 2. The first-order valence-electron chi connectivity index (χ1n) is 10.5. The van der Waals surface area contributed by atoms with Crippen molar-refractivity contribution in [3.05, 3.63) is 59.2 Å². The Balaban J connectivity index is 1.37. The number of rotatable bonds is 5. The highest BCUT2D eigenvalue weighted by atomic mass is 19.4. The van der Waals surface area contributed by atoms with Crippen LogP contribution in [0.5, 0.6) is 0 Å². The van der Waals surface area contributed by atoms with Gasteiger partial charge < -0.3 is 10.2 Å². The maximum absolute atomic E-state index is 12.6. The third kappa shape index (κ3) is 5.24. The van der Waals surface area contributed by atoms with E-state index in [2.05, 4.69) is 59.6 Å². The smallest absolute Gasteiger partial charge is 0.355 e. The highest BCUT2D eigenvalue weighted by Gasteiger charge is 2.32. The monoisotopic (exact) mass is 415 g/mol. The van der Waals surface area contributed by atoms with E-state index in [1.807, 2.05) is 12.1 Å². The fourth-order valence-corrected chi connectivity index (χ4v) is 4.44. The minimum Gasteiger partial charge on any atom is -0.355 e. The molecular formula is C24H28F3N3. The number of alkyl halides is 3. The molecule has 0 aromatic heterocycles. The van der Waals surface area contributed by atoms with Crippen LogP contribution >= 0.6 is 0 Å². The normalized spacial score (nSPS) is 18.3. The first-order chi connectivity index (χ1) is 14.4. The highest BCUT2D eigenvalue weighted by molar-refractivity contribution is 5.88. The van der Waals surface area contributed by atoms with Crippen LogP contribution in [0.1, 0.15) is 23.6 Å². The summed E-state index contributed by atoms with van der Waals surface area (Å²) in [6.45, 7) is 4.70. The Morgan fingerprint density at radius 2 is 1.60 bits per heavy atom. The molecule has 160 valence electrons. The summed E-state index contributed by atoms with van der Waals surface area (Å²) in [6.07, 6.45) is 1.17. The molecular weight excluding hydrogens is 387 g/mol. The predicted octanol–water partition coefficient (Wildman–Crippen LogP) is 5.27. The molecule has 0 aliphatic carbocycles. The van der Waals surface area contributed by atoms with E-state index in [1.54, 1.807) is 0 Å². The SMILES string of the molecule is CC(Cc1cccc2c1C=Cc1ccccc1N2)CN1CCN(CC(F)(F)F)CC1. The quantitative estimate of drug-likeness (QED) is 0.612. The Labute approximate surface area is 176 Å². The number of nitrogens with one attached hydrogen (secondary N) is 1. The Kier molecular flexibility index (Phi) is 6.16. The summed E-state index contributed by atoms with van der Waals surface area (Å²) >= 11 is 0. The lowest BCUT2D eigenvalue weighted by molar-refractivity contribution is -0.149. The third-order valence-corrected chi connectivity index (χ3v) is 5.86. The molecule has 4 rings (SSSR count). The maximum Gasteiger partial charge on any atom is 0.401 e. The Hall–Kier alpha value is -2.31. The van der Waals surface area contributed by atoms with Crippen LogP contribution in [0.3, 0.4) is 0 Å². The molecule has 2 aliphatic heterocycles. The average Bonchev–Trinajstić information content (AvgIpc) is 2.88. The van der Waals surface area contributed by atoms with Gasteiger partial charge in [0.25, 0.3) is 0 Å². The van der Waals surface area contributed by atoms with Crippen molar-refractivity contribution in [3.63, 3.8) is 0 Å². The zero-order valence-electron chi connectivity index (χ0n) is 17.3. The van der Waals surface area contributed by atoms with Crippen LogP contribution < -0.4 is 5.32 Å². The number of halogens is 3. The van der Waals surface area contributed by atoms with Gasteiger partial charge in [-0.05, 0) is 35.6 Å². The molecule has 1 atom stereocenters. The molecule has 3 nitrogen and oxygen atoms in total. The molecule has 0 bridgehead atoms. The predicted molar refractivity (Wildman–Crippen MR) is 117 cm³/mol. The molecule has 1 unspecified atom stereocenters. The first kappa shape index (κ1) is 20.9. The minimum absolute atomic E-state index is 0.421. The Morgan fingerprint density at radius 1 is 0.900 bits per heavy atom. The van der Waals surface area contributed by atoms with Crippen molar-refractivity contribution in [2.75, 3.05) is 44.6 Å². The number of hydrogen-bond acceptors (Lipinski definition) is 3. The van der Waals surface area contributed by atoms with Crippen LogP contribution in [0, 0.1) is 5.92 Å². The number of benzene rings is 2. The first-order valence-corrected chi connectivity index (χ1v) is 10.5. The second kappa shape index (κ2) is 8.82. The number of nitrogens with zero attached hydrogens (tertiary/aromatic N) is 2. The van der Waals surface area contributed by atoms with E-state index in [0.717, 1.165) is 24.3 Å². The Morgan fingerprint density at radius 3 is 2.37 bits per heavy atom. The second-order valence-electron chi connectivity index (χ2n) is 8.43. The van der Waals surface area contributed by atoms with Crippen LogP contribution in [0.25, 0.3) is 12.2 Å². The molecule has 0 amide bonds. The van der Waals surface area contributed by atoms with E-state index in [4.69, 9.17) is 0 Å². The van der Waals surface area contributed by atoms with Gasteiger partial charge in [0.2, 0.25) is 0 Å². The third-order valence-electron chi connectivity index (χ3n) is 5.86. The van der Waals surface area contributed by atoms with E-state index < -0.39 is 12.7 Å². The van der Waals surface area contributed by atoms with Gasteiger partial charge in [-0.1, -0.05) is 49.4 Å². The molecule has 2 heterocycles. The van der Waals surface area contributed by atoms with Crippen LogP contribution in [0.4, 0.5) is 24.5 Å². The topological polar surface area (TPSA) is 18.5 Å². The molecule has 1 N–H and O–H groups in total. The lowest BCUT2D eigenvalue weighted by Crippen LogP contribution is -2.50. The van der Waals surface area contributed by atoms with Gasteiger partial charge in [-0.3, -0.25) is 4.90 Å². The van der Waals surface area contributed by atoms with Gasteiger partial charge >= 0.3 is 6.18 Å². The lowest BCUT2D eigenvalue weighted by Gasteiger charge is -2.36. The molecule has 6 heteroatoms. The van der Waals surface area contributed by atoms with Gasteiger partial charge in [0.05, 0.1) is 6.54 Å². The molecule has 2 aromatic rings. The number of anilines is 2. The summed E-state index contributed by atoms with van der Waals surface area (Å²) in [5.74, 6) is 0.421. The molecule has 2 aromatic carbocycles. The van der Waals surface area contributed by atoms with Gasteiger partial charge in [0, 0.05) is 49.7 Å². The van der Waals surface area contributed by atoms with Crippen molar-refractivity contribution < 1.29 is 13.2 Å². The van der Waals surface area contributed by atoms with E-state index >= 15 is 0 Å². The summed E-state index contributed by atoms with van der Waals surface area (Å²) in [4.78, 5) is 3.80. The summed E-state index contributed by atoms with van der Waals surface area (Å²) in [5.41, 5.74) is 5.91. The average molecular weight is 416 g/mol. The molecule has 0 spiro atoms. The molecule has 1 saturated heterocycles. The summed E-state index contributed by atoms with van der Waals surface area (Å²) in [7, 11) is 0. The Bertz CT molecular complexity index is 899. The van der Waals surface area contributed by atoms with E-state index in [-0.39, 0.29) is 0 Å². The van der Waals surface area contributed by atoms with Crippen molar-refractivity contribution in [1.82, 2.24) is 9.80 Å². The van der Waals surface area contributed by atoms with Crippen LogP contribution in [-0.2, 0) is 6.42 Å². The standard InChI is InChI=1S/C24H28F3N3/c1-18(16-29-11-13-30(14-12-29)17-24(25,26)27)15-20-6-4-8-23-21(20)10-9-19-5-2-3-7-22(19)28-23/h2-10,18,28H,11-17H2,1H3. The van der Waals surface area contributed by atoms with Gasteiger partial charge in [0.1, 0.15) is 0 Å². The van der Waals surface area contributed by atoms with Gasteiger partial charge in [-0.25, -0.2) is 0 Å². The van der Waals surface area contributed by atoms with E-state index in [1.165, 1.54) is 21.6 Å². The van der Waals surface area contributed by atoms with Crippen molar-refractivity contribution in [2.24, 2.45) is 5.92 Å². The van der Waals surface area contributed by atoms with E-state index in [9.17, 15) is 13.2 Å². The largest absolute Gasteiger partial charge is 0.401 e.